The Morgan fingerprint density at radius 1 is 0.971 bits per heavy atom. The number of fused-ring (bicyclic) bond motifs is 1. The van der Waals surface area contributed by atoms with Gasteiger partial charge < -0.3 is 10.1 Å². The number of thiophene rings is 1. The topological polar surface area (TPSA) is 79.8 Å². The minimum Gasteiger partial charge on any atom is -0.493 e. The summed E-state index contributed by atoms with van der Waals surface area (Å²) in [6.07, 6.45) is 3.19. The highest BCUT2D eigenvalue weighted by atomic mass is 32.1. The van der Waals surface area contributed by atoms with Gasteiger partial charge in [0.1, 0.15) is 11.4 Å². The summed E-state index contributed by atoms with van der Waals surface area (Å²) in [5.41, 5.74) is 3.84. The third kappa shape index (κ3) is 5.57. The van der Waals surface area contributed by atoms with E-state index in [1.807, 2.05) is 66.9 Å². The van der Waals surface area contributed by atoms with E-state index in [1.165, 1.54) is 11.3 Å². The van der Waals surface area contributed by atoms with E-state index in [1.54, 1.807) is 36.6 Å². The lowest BCUT2D eigenvalue weighted by atomic mass is 10.0. The van der Waals surface area contributed by atoms with Crippen LogP contribution in [0.25, 0.3) is 16.8 Å². The van der Waals surface area contributed by atoms with E-state index in [0.29, 0.717) is 17.9 Å². The first-order valence-electron chi connectivity index (χ1n) is 10.7. The monoisotopic (exact) mass is 469 g/mol. The molecule has 0 radical (unpaired) electrons. The fraction of sp³-hybridized carbons (Fsp3) is 0.0741. The molecule has 0 aliphatic heterocycles. The van der Waals surface area contributed by atoms with Gasteiger partial charge in [-0.05, 0) is 53.4 Å². The summed E-state index contributed by atoms with van der Waals surface area (Å²) in [4.78, 5) is 26.5. The zero-order valence-corrected chi connectivity index (χ0v) is 19.3. The third-order valence-corrected chi connectivity index (χ3v) is 5.77. The molecule has 0 bridgehead atoms. The molecular formula is C27H23N3O3S. The number of nitrogens with one attached hydrogen (secondary N) is 2. The van der Waals surface area contributed by atoms with Crippen molar-refractivity contribution in [2.75, 3.05) is 6.61 Å². The zero-order chi connectivity index (χ0) is 23.8. The van der Waals surface area contributed by atoms with Crippen LogP contribution in [0.15, 0.2) is 95.0 Å². The molecule has 3 aromatic carbocycles. The van der Waals surface area contributed by atoms with Crippen LogP contribution in [0.1, 0.15) is 27.7 Å². The molecule has 0 aliphatic carbocycles. The van der Waals surface area contributed by atoms with Crippen molar-refractivity contribution in [2.24, 2.45) is 5.10 Å². The maximum atomic E-state index is 13.0. The predicted octanol–water partition coefficient (Wildman–Crippen LogP) is 5.22. The molecule has 7 heteroatoms. The lowest BCUT2D eigenvalue weighted by molar-refractivity contribution is -0.117. The molecule has 170 valence electrons. The van der Waals surface area contributed by atoms with E-state index in [4.69, 9.17) is 4.74 Å². The molecule has 2 amide bonds. The van der Waals surface area contributed by atoms with Gasteiger partial charge in [0.2, 0.25) is 0 Å². The smallest absolute Gasteiger partial charge is 0.287 e. The van der Waals surface area contributed by atoms with E-state index in [0.717, 1.165) is 21.2 Å². The first-order chi connectivity index (χ1) is 16.7. The van der Waals surface area contributed by atoms with Gasteiger partial charge in [-0.2, -0.15) is 5.10 Å². The molecule has 0 unspecified atom stereocenters. The largest absolute Gasteiger partial charge is 0.493 e. The number of hydrogen-bond donors (Lipinski definition) is 2. The van der Waals surface area contributed by atoms with Crippen LogP contribution in [0.2, 0.25) is 0 Å². The van der Waals surface area contributed by atoms with Gasteiger partial charge in [0.15, 0.2) is 0 Å². The molecule has 4 aromatic rings. The minimum atomic E-state index is -0.535. The molecule has 0 aliphatic rings. The number of hydrazone groups is 1. The Kier molecular flexibility index (Phi) is 7.47. The Bertz CT molecular complexity index is 1350. The highest BCUT2D eigenvalue weighted by Crippen LogP contribution is 2.26. The van der Waals surface area contributed by atoms with Gasteiger partial charge in [0.05, 0.1) is 12.8 Å². The number of amides is 2. The Labute approximate surface area is 201 Å². The number of rotatable bonds is 8. The highest BCUT2D eigenvalue weighted by molar-refractivity contribution is 7.10. The second kappa shape index (κ2) is 11.1. The van der Waals surface area contributed by atoms with Crippen molar-refractivity contribution in [3.63, 3.8) is 0 Å². The molecule has 0 atom stereocenters. The second-order valence-electron chi connectivity index (χ2n) is 7.22. The quantitative estimate of drug-likeness (QED) is 0.211. The first kappa shape index (κ1) is 22.9. The SMILES string of the molecule is CCOc1ccc2ccccc2c1/C=N\NC(=O)/C(=C/c1cccs1)NC(=O)c1ccccc1. The summed E-state index contributed by atoms with van der Waals surface area (Å²) >= 11 is 1.46. The first-order valence-corrected chi connectivity index (χ1v) is 11.6. The van der Waals surface area contributed by atoms with Crippen LogP contribution in [0.4, 0.5) is 0 Å². The number of nitrogens with zero attached hydrogens (tertiary/aromatic N) is 1. The molecule has 6 nitrogen and oxygen atoms in total. The van der Waals surface area contributed by atoms with Gasteiger partial charge >= 0.3 is 0 Å². The lowest BCUT2D eigenvalue weighted by Gasteiger charge is -2.11. The lowest BCUT2D eigenvalue weighted by Crippen LogP contribution is -2.32. The maximum absolute atomic E-state index is 13.0. The van der Waals surface area contributed by atoms with E-state index in [9.17, 15) is 9.59 Å². The van der Waals surface area contributed by atoms with Crippen molar-refractivity contribution < 1.29 is 14.3 Å². The van der Waals surface area contributed by atoms with Crippen molar-refractivity contribution in [2.45, 2.75) is 6.92 Å². The van der Waals surface area contributed by atoms with E-state index >= 15 is 0 Å². The standard InChI is InChI=1S/C27H23N3O3S/c1-2-33-25-15-14-19-9-6-7-13-22(19)23(25)18-28-30-27(32)24(17-21-12-8-16-34-21)29-26(31)20-10-4-3-5-11-20/h3-18H,2H2,1H3,(H,29,31)(H,30,32)/b24-17-,28-18-. The van der Waals surface area contributed by atoms with Crippen molar-refractivity contribution in [1.82, 2.24) is 10.7 Å². The fourth-order valence-corrected chi connectivity index (χ4v) is 4.02. The summed E-state index contributed by atoms with van der Waals surface area (Å²) in [6.45, 7) is 2.42. The molecule has 0 spiro atoms. The highest BCUT2D eigenvalue weighted by Gasteiger charge is 2.15. The molecule has 0 saturated carbocycles. The van der Waals surface area contributed by atoms with E-state index < -0.39 is 5.91 Å². The summed E-state index contributed by atoms with van der Waals surface area (Å²) in [5, 5.41) is 10.8. The van der Waals surface area contributed by atoms with Crippen molar-refractivity contribution in [1.29, 1.82) is 0 Å². The van der Waals surface area contributed by atoms with Crippen LogP contribution >= 0.6 is 11.3 Å². The predicted molar refractivity (Wildman–Crippen MR) is 137 cm³/mol. The van der Waals surface area contributed by atoms with E-state index in [2.05, 4.69) is 15.8 Å². The van der Waals surface area contributed by atoms with Crippen molar-refractivity contribution in [3.05, 3.63) is 106 Å². The number of benzene rings is 3. The summed E-state index contributed by atoms with van der Waals surface area (Å²) in [5.74, 6) is -0.242. The average Bonchev–Trinajstić information content (AvgIpc) is 3.38. The number of ether oxygens (including phenoxy) is 1. The summed E-state index contributed by atoms with van der Waals surface area (Å²) in [7, 11) is 0. The minimum absolute atomic E-state index is 0.0939. The van der Waals surface area contributed by atoms with Crippen LogP contribution in [0.3, 0.4) is 0 Å². The molecule has 1 aromatic heterocycles. The molecule has 4 rings (SSSR count). The second-order valence-corrected chi connectivity index (χ2v) is 8.20. The van der Waals surface area contributed by atoms with Gasteiger partial charge in [-0.3, -0.25) is 9.59 Å². The summed E-state index contributed by atoms with van der Waals surface area (Å²) < 4.78 is 5.75. The van der Waals surface area contributed by atoms with Crippen LogP contribution in [0, 0.1) is 0 Å². The maximum Gasteiger partial charge on any atom is 0.287 e. The van der Waals surface area contributed by atoms with Gasteiger partial charge in [0.25, 0.3) is 11.8 Å². The van der Waals surface area contributed by atoms with Crippen LogP contribution in [0.5, 0.6) is 5.75 Å². The number of carbonyl (C=O) groups is 2. The molecule has 0 saturated heterocycles. The molecule has 34 heavy (non-hydrogen) atoms. The Morgan fingerprint density at radius 3 is 2.53 bits per heavy atom. The summed E-state index contributed by atoms with van der Waals surface area (Å²) in [6, 6.07) is 24.2. The van der Waals surface area contributed by atoms with Gasteiger partial charge in [-0.15, -0.1) is 11.3 Å². The van der Waals surface area contributed by atoms with Crippen LogP contribution in [-0.2, 0) is 4.79 Å². The van der Waals surface area contributed by atoms with E-state index in [-0.39, 0.29) is 11.6 Å². The van der Waals surface area contributed by atoms with Crippen molar-refractivity contribution >= 4 is 46.2 Å². The Balaban J connectivity index is 1.58. The molecule has 0 fully saturated rings. The third-order valence-electron chi connectivity index (χ3n) is 4.95. The molecular weight excluding hydrogens is 446 g/mol. The molecule has 2 N–H and O–H groups in total. The normalized spacial score (nSPS) is 11.5. The molecule has 1 heterocycles. The van der Waals surface area contributed by atoms with Gasteiger partial charge in [-0.25, -0.2) is 5.43 Å². The number of carbonyl (C=O) groups excluding carboxylic acids is 2. The van der Waals surface area contributed by atoms with Crippen LogP contribution < -0.4 is 15.5 Å². The van der Waals surface area contributed by atoms with Crippen molar-refractivity contribution in [3.8, 4) is 5.75 Å². The average molecular weight is 470 g/mol. The van der Waals surface area contributed by atoms with Gasteiger partial charge in [0, 0.05) is 16.0 Å². The van der Waals surface area contributed by atoms with Crippen LogP contribution in [-0.4, -0.2) is 24.6 Å². The number of hydrogen-bond acceptors (Lipinski definition) is 5. The Hall–Kier alpha value is -4.23. The fourth-order valence-electron chi connectivity index (χ4n) is 3.36. The van der Waals surface area contributed by atoms with Gasteiger partial charge in [-0.1, -0.05) is 54.6 Å². The Morgan fingerprint density at radius 2 is 1.76 bits per heavy atom. The zero-order valence-electron chi connectivity index (χ0n) is 18.5.